The van der Waals surface area contributed by atoms with Gasteiger partial charge in [-0.15, -0.1) is 0 Å². The molecule has 0 aliphatic carbocycles. The summed E-state index contributed by atoms with van der Waals surface area (Å²) < 4.78 is 10.7. The van der Waals surface area contributed by atoms with Gasteiger partial charge in [-0.05, 0) is 18.8 Å². The topological polar surface area (TPSA) is 35.5 Å². The van der Waals surface area contributed by atoms with Crippen LogP contribution in [0.25, 0.3) is 0 Å². The second kappa shape index (κ2) is 4.61. The summed E-state index contributed by atoms with van der Waals surface area (Å²) in [6.07, 6.45) is 2.13. The first kappa shape index (κ1) is 10.5. The van der Waals surface area contributed by atoms with Crippen LogP contribution in [0.3, 0.4) is 0 Å². The van der Waals surface area contributed by atoms with Gasteiger partial charge in [0.2, 0.25) is 0 Å². The van der Waals surface area contributed by atoms with Gasteiger partial charge < -0.3 is 9.47 Å². The molecule has 1 saturated heterocycles. The Morgan fingerprint density at radius 1 is 1.54 bits per heavy atom. The second-order valence-corrected chi connectivity index (χ2v) is 3.87. The van der Waals surface area contributed by atoms with Gasteiger partial charge in [0.05, 0.1) is 6.10 Å². The molecule has 3 nitrogen and oxygen atoms in total. The number of ether oxygens (including phenoxy) is 2. The Kier molecular flexibility index (Phi) is 3.72. The van der Waals surface area contributed by atoms with Crippen LogP contribution in [-0.2, 0) is 14.3 Å². The molecule has 0 unspecified atom stereocenters. The average Bonchev–Trinajstić information content (AvgIpc) is 2.50. The van der Waals surface area contributed by atoms with E-state index in [1.165, 1.54) is 6.92 Å². The van der Waals surface area contributed by atoms with Gasteiger partial charge >= 0.3 is 5.97 Å². The summed E-state index contributed by atoms with van der Waals surface area (Å²) in [4.78, 5) is 10.8. The van der Waals surface area contributed by atoms with Crippen molar-refractivity contribution >= 4 is 5.97 Å². The van der Waals surface area contributed by atoms with Crippen molar-refractivity contribution in [1.29, 1.82) is 0 Å². The van der Waals surface area contributed by atoms with Crippen molar-refractivity contribution in [2.24, 2.45) is 5.92 Å². The minimum absolute atomic E-state index is 0.0694. The zero-order chi connectivity index (χ0) is 9.84. The lowest BCUT2D eigenvalue weighted by atomic mass is 10.00. The van der Waals surface area contributed by atoms with E-state index < -0.39 is 0 Å². The van der Waals surface area contributed by atoms with Gasteiger partial charge in [-0.3, -0.25) is 4.79 Å². The monoisotopic (exact) mass is 186 g/mol. The molecular formula is C10H18O3. The maximum absolute atomic E-state index is 10.8. The Labute approximate surface area is 79.4 Å². The quantitative estimate of drug-likeness (QED) is 0.630. The van der Waals surface area contributed by atoms with Crippen molar-refractivity contribution in [3.05, 3.63) is 0 Å². The van der Waals surface area contributed by atoms with Gasteiger partial charge in [0, 0.05) is 13.5 Å². The van der Waals surface area contributed by atoms with E-state index in [0.29, 0.717) is 5.92 Å². The lowest BCUT2D eigenvalue weighted by Gasteiger charge is -2.25. The maximum Gasteiger partial charge on any atom is 0.303 e. The number of carbonyl (C=O) groups is 1. The predicted molar refractivity (Wildman–Crippen MR) is 49.4 cm³/mol. The SMILES string of the molecule is CC(=O)O[C@@H](C(C)C)[C@H]1CCCO1. The van der Waals surface area contributed by atoms with Gasteiger partial charge in [0.1, 0.15) is 6.10 Å². The molecule has 0 N–H and O–H groups in total. The van der Waals surface area contributed by atoms with Crippen LogP contribution in [0.15, 0.2) is 0 Å². The number of hydrogen-bond acceptors (Lipinski definition) is 3. The maximum atomic E-state index is 10.8. The molecular weight excluding hydrogens is 168 g/mol. The molecule has 1 rings (SSSR count). The molecule has 0 amide bonds. The molecule has 0 spiro atoms. The van der Waals surface area contributed by atoms with Crippen LogP contribution in [0.4, 0.5) is 0 Å². The van der Waals surface area contributed by atoms with Gasteiger partial charge in [0.15, 0.2) is 0 Å². The van der Waals surface area contributed by atoms with Crippen molar-refractivity contribution in [2.75, 3.05) is 6.61 Å². The summed E-state index contributed by atoms with van der Waals surface area (Å²) >= 11 is 0. The van der Waals surface area contributed by atoms with Crippen LogP contribution in [-0.4, -0.2) is 24.8 Å². The Bertz CT molecular complexity index is 171. The summed E-state index contributed by atoms with van der Waals surface area (Å²) in [7, 11) is 0. The normalized spacial score (nSPS) is 24.8. The molecule has 1 aliphatic rings. The van der Waals surface area contributed by atoms with Crippen LogP contribution in [0.1, 0.15) is 33.6 Å². The van der Waals surface area contributed by atoms with Crippen LogP contribution < -0.4 is 0 Å². The summed E-state index contributed by atoms with van der Waals surface area (Å²) in [5.74, 6) is 0.112. The van der Waals surface area contributed by atoms with Crippen molar-refractivity contribution < 1.29 is 14.3 Å². The first-order valence-electron chi connectivity index (χ1n) is 4.90. The fourth-order valence-electron chi connectivity index (χ4n) is 1.69. The van der Waals surface area contributed by atoms with E-state index in [-0.39, 0.29) is 18.2 Å². The first-order chi connectivity index (χ1) is 6.11. The smallest absolute Gasteiger partial charge is 0.303 e. The Morgan fingerprint density at radius 3 is 2.62 bits per heavy atom. The summed E-state index contributed by atoms with van der Waals surface area (Å²) in [5.41, 5.74) is 0. The minimum Gasteiger partial charge on any atom is -0.460 e. The van der Waals surface area contributed by atoms with Crippen LogP contribution in [0.2, 0.25) is 0 Å². The standard InChI is InChI=1S/C10H18O3/c1-7(2)10(13-8(3)11)9-5-4-6-12-9/h7,9-10H,4-6H2,1-3H3/t9-,10+/m1/s1. The fourth-order valence-corrected chi connectivity index (χ4v) is 1.69. The van der Waals surface area contributed by atoms with Crippen molar-refractivity contribution in [3.63, 3.8) is 0 Å². The number of carbonyl (C=O) groups excluding carboxylic acids is 1. The summed E-state index contributed by atoms with van der Waals surface area (Å²) in [5, 5.41) is 0. The molecule has 0 radical (unpaired) electrons. The molecule has 3 heteroatoms. The highest BCUT2D eigenvalue weighted by Gasteiger charge is 2.30. The second-order valence-electron chi connectivity index (χ2n) is 3.87. The van der Waals surface area contributed by atoms with Gasteiger partial charge in [0.25, 0.3) is 0 Å². The highest BCUT2D eigenvalue weighted by molar-refractivity contribution is 5.66. The molecule has 0 aromatic heterocycles. The Morgan fingerprint density at radius 2 is 2.23 bits per heavy atom. The lowest BCUT2D eigenvalue weighted by Crippen LogP contribution is -2.34. The molecule has 2 atom stereocenters. The third-order valence-corrected chi connectivity index (χ3v) is 2.29. The molecule has 1 fully saturated rings. The average molecular weight is 186 g/mol. The molecule has 0 aromatic carbocycles. The zero-order valence-corrected chi connectivity index (χ0v) is 8.58. The summed E-state index contributed by atoms with van der Waals surface area (Å²) in [6, 6.07) is 0. The molecule has 1 aliphatic heterocycles. The molecule has 13 heavy (non-hydrogen) atoms. The van der Waals surface area contributed by atoms with Crippen LogP contribution in [0, 0.1) is 5.92 Å². The molecule has 1 heterocycles. The highest BCUT2D eigenvalue weighted by Crippen LogP contribution is 2.23. The number of esters is 1. The van der Waals surface area contributed by atoms with E-state index in [0.717, 1.165) is 19.4 Å². The molecule has 0 bridgehead atoms. The van der Waals surface area contributed by atoms with Crippen molar-refractivity contribution in [2.45, 2.75) is 45.8 Å². The first-order valence-corrected chi connectivity index (χ1v) is 4.90. The molecule has 0 aromatic rings. The van der Waals surface area contributed by atoms with E-state index in [1.807, 2.05) is 0 Å². The largest absolute Gasteiger partial charge is 0.460 e. The van der Waals surface area contributed by atoms with Gasteiger partial charge in [-0.2, -0.15) is 0 Å². The van der Waals surface area contributed by atoms with E-state index in [1.54, 1.807) is 0 Å². The van der Waals surface area contributed by atoms with Crippen LogP contribution in [0.5, 0.6) is 0 Å². The lowest BCUT2D eigenvalue weighted by molar-refractivity contribution is -0.156. The Balaban J connectivity index is 2.50. The third kappa shape index (κ3) is 2.99. The minimum atomic E-state index is -0.214. The van der Waals surface area contributed by atoms with E-state index in [4.69, 9.17) is 9.47 Å². The van der Waals surface area contributed by atoms with Gasteiger partial charge in [-0.1, -0.05) is 13.8 Å². The van der Waals surface area contributed by atoms with Crippen LogP contribution >= 0.6 is 0 Å². The van der Waals surface area contributed by atoms with E-state index >= 15 is 0 Å². The van der Waals surface area contributed by atoms with E-state index in [2.05, 4.69) is 13.8 Å². The predicted octanol–water partition coefficient (Wildman–Crippen LogP) is 1.75. The third-order valence-electron chi connectivity index (χ3n) is 2.29. The molecule has 0 saturated carbocycles. The van der Waals surface area contributed by atoms with Gasteiger partial charge in [-0.25, -0.2) is 0 Å². The van der Waals surface area contributed by atoms with Crippen molar-refractivity contribution in [3.8, 4) is 0 Å². The molecule has 76 valence electrons. The zero-order valence-electron chi connectivity index (χ0n) is 8.58. The Hall–Kier alpha value is -0.570. The number of hydrogen-bond donors (Lipinski definition) is 0. The highest BCUT2D eigenvalue weighted by atomic mass is 16.6. The van der Waals surface area contributed by atoms with Crippen molar-refractivity contribution in [1.82, 2.24) is 0 Å². The summed E-state index contributed by atoms with van der Waals surface area (Å²) in [6.45, 7) is 6.35. The fraction of sp³-hybridized carbons (Fsp3) is 0.900. The van der Waals surface area contributed by atoms with E-state index in [9.17, 15) is 4.79 Å². The number of rotatable bonds is 3.